The van der Waals surface area contributed by atoms with Gasteiger partial charge in [0.2, 0.25) is 5.82 Å². The zero-order chi connectivity index (χ0) is 13.9. The number of halogens is 3. The van der Waals surface area contributed by atoms with Crippen LogP contribution >= 0.6 is 0 Å². The Morgan fingerprint density at radius 2 is 1.79 bits per heavy atom. The summed E-state index contributed by atoms with van der Waals surface area (Å²) in [6.45, 7) is 0. The van der Waals surface area contributed by atoms with E-state index in [0.29, 0.717) is 0 Å². The van der Waals surface area contributed by atoms with Gasteiger partial charge in [0.25, 0.3) is 5.91 Å². The normalized spacial score (nSPS) is 11.1. The van der Waals surface area contributed by atoms with Crippen LogP contribution in [-0.4, -0.2) is 20.9 Å². The van der Waals surface area contributed by atoms with Crippen molar-refractivity contribution in [2.24, 2.45) is 0 Å². The third kappa shape index (κ3) is 3.24. The van der Waals surface area contributed by atoms with E-state index in [4.69, 9.17) is 0 Å². The molecule has 0 fully saturated rings. The monoisotopic (exact) mass is 268 g/mol. The molecule has 0 spiro atoms. The molecule has 0 atom stereocenters. The molecule has 1 N–H and O–H groups in total. The van der Waals surface area contributed by atoms with E-state index in [1.807, 2.05) is 0 Å². The molecule has 0 aliphatic heterocycles. The highest BCUT2D eigenvalue weighted by Crippen LogP contribution is 2.25. The van der Waals surface area contributed by atoms with Crippen LogP contribution in [0.1, 0.15) is 16.3 Å². The average molecular weight is 268 g/mol. The molecular formula is C11H7F3N4O. The maximum absolute atomic E-state index is 12.2. The molecule has 1 amide bonds. The standard InChI is InChI=1S/C11H7F3N4O/c12-11(13,14)10-16-5-7(6-17-10)18-9(19)8-3-1-2-4-15-8/h1-6H,(H,18,19). The minimum absolute atomic E-state index is 0.0589. The summed E-state index contributed by atoms with van der Waals surface area (Å²) in [7, 11) is 0. The van der Waals surface area contributed by atoms with Gasteiger partial charge in [0.15, 0.2) is 0 Å². The van der Waals surface area contributed by atoms with Crippen LogP contribution in [0.4, 0.5) is 18.9 Å². The van der Waals surface area contributed by atoms with Crippen molar-refractivity contribution >= 4 is 11.6 Å². The summed E-state index contributed by atoms with van der Waals surface area (Å²) >= 11 is 0. The van der Waals surface area contributed by atoms with Crippen LogP contribution in [0.15, 0.2) is 36.8 Å². The Morgan fingerprint density at radius 3 is 2.32 bits per heavy atom. The lowest BCUT2D eigenvalue weighted by Gasteiger charge is -2.06. The molecule has 8 heteroatoms. The molecule has 2 aromatic rings. The summed E-state index contributed by atoms with van der Waals surface area (Å²) in [5.41, 5.74) is 0.200. The van der Waals surface area contributed by atoms with Crippen molar-refractivity contribution in [2.45, 2.75) is 6.18 Å². The highest BCUT2D eigenvalue weighted by molar-refractivity contribution is 6.02. The zero-order valence-electron chi connectivity index (χ0n) is 9.35. The number of nitrogens with one attached hydrogen (secondary N) is 1. The number of aromatic nitrogens is 3. The highest BCUT2D eigenvalue weighted by atomic mass is 19.4. The molecule has 2 rings (SSSR count). The van der Waals surface area contributed by atoms with Crippen LogP contribution in [0, 0.1) is 0 Å². The molecule has 0 unspecified atom stereocenters. The van der Waals surface area contributed by atoms with Crippen LogP contribution < -0.4 is 5.32 Å². The Labute approximate surface area is 105 Å². The number of nitrogens with zero attached hydrogens (tertiary/aromatic N) is 3. The quantitative estimate of drug-likeness (QED) is 0.906. The van der Waals surface area contributed by atoms with Crippen LogP contribution in [0.3, 0.4) is 0 Å². The van der Waals surface area contributed by atoms with E-state index in [0.717, 1.165) is 12.4 Å². The van der Waals surface area contributed by atoms with Crippen molar-refractivity contribution in [1.29, 1.82) is 0 Å². The van der Waals surface area contributed by atoms with Crippen LogP contribution in [0.25, 0.3) is 0 Å². The zero-order valence-corrected chi connectivity index (χ0v) is 9.35. The van der Waals surface area contributed by atoms with Gasteiger partial charge < -0.3 is 5.32 Å². The second-order valence-corrected chi connectivity index (χ2v) is 3.46. The Bertz CT molecular complexity index is 569. The molecule has 2 heterocycles. The number of pyridine rings is 1. The van der Waals surface area contributed by atoms with Gasteiger partial charge in [-0.25, -0.2) is 9.97 Å². The van der Waals surface area contributed by atoms with E-state index >= 15 is 0 Å². The summed E-state index contributed by atoms with van der Waals surface area (Å²) in [5.74, 6) is -1.81. The fourth-order valence-corrected chi connectivity index (χ4v) is 1.23. The van der Waals surface area contributed by atoms with Gasteiger partial charge in [0.1, 0.15) is 5.69 Å². The fourth-order valence-electron chi connectivity index (χ4n) is 1.23. The lowest BCUT2D eigenvalue weighted by atomic mass is 10.3. The molecule has 0 aromatic carbocycles. The smallest absolute Gasteiger partial charge is 0.318 e. The molecule has 0 saturated carbocycles. The highest BCUT2D eigenvalue weighted by Gasteiger charge is 2.34. The summed E-state index contributed by atoms with van der Waals surface area (Å²) in [4.78, 5) is 21.7. The van der Waals surface area contributed by atoms with E-state index in [9.17, 15) is 18.0 Å². The molecule has 98 valence electrons. The Morgan fingerprint density at radius 1 is 1.11 bits per heavy atom. The molecule has 0 saturated heterocycles. The van der Waals surface area contributed by atoms with Crippen molar-refractivity contribution in [1.82, 2.24) is 15.0 Å². The summed E-state index contributed by atoms with van der Waals surface area (Å²) < 4.78 is 36.7. The first-order valence-electron chi connectivity index (χ1n) is 5.08. The molecule has 19 heavy (non-hydrogen) atoms. The minimum atomic E-state index is -4.61. The van der Waals surface area contributed by atoms with Crippen molar-refractivity contribution in [3.8, 4) is 0 Å². The number of anilines is 1. The first-order valence-corrected chi connectivity index (χ1v) is 5.08. The number of alkyl halides is 3. The number of hydrogen-bond acceptors (Lipinski definition) is 4. The van der Waals surface area contributed by atoms with Crippen molar-refractivity contribution < 1.29 is 18.0 Å². The first-order chi connectivity index (χ1) is 8.97. The van der Waals surface area contributed by atoms with E-state index < -0.39 is 17.9 Å². The predicted molar refractivity (Wildman–Crippen MR) is 59.2 cm³/mol. The lowest BCUT2D eigenvalue weighted by Crippen LogP contribution is -2.15. The minimum Gasteiger partial charge on any atom is -0.318 e. The Kier molecular flexibility index (Phi) is 3.41. The van der Waals surface area contributed by atoms with Crippen LogP contribution in [-0.2, 0) is 6.18 Å². The molecule has 5 nitrogen and oxygen atoms in total. The lowest BCUT2D eigenvalue weighted by molar-refractivity contribution is -0.144. The fraction of sp³-hybridized carbons (Fsp3) is 0.0909. The molecule has 0 aliphatic rings. The van der Waals surface area contributed by atoms with E-state index in [2.05, 4.69) is 20.3 Å². The number of amides is 1. The van der Waals surface area contributed by atoms with Gasteiger partial charge in [-0.15, -0.1) is 0 Å². The van der Waals surface area contributed by atoms with Gasteiger partial charge in [-0.3, -0.25) is 9.78 Å². The van der Waals surface area contributed by atoms with Crippen molar-refractivity contribution in [3.63, 3.8) is 0 Å². The first kappa shape index (κ1) is 12.9. The van der Waals surface area contributed by atoms with Gasteiger partial charge in [-0.05, 0) is 12.1 Å². The summed E-state index contributed by atoms with van der Waals surface area (Å²) in [6, 6.07) is 4.73. The Balaban J connectivity index is 2.10. The maximum Gasteiger partial charge on any atom is 0.451 e. The molecular weight excluding hydrogens is 261 g/mol. The van der Waals surface area contributed by atoms with Gasteiger partial charge in [0.05, 0.1) is 18.1 Å². The second kappa shape index (κ2) is 5.01. The predicted octanol–water partition coefficient (Wildman–Crippen LogP) is 2.14. The summed E-state index contributed by atoms with van der Waals surface area (Å²) in [5, 5.41) is 2.34. The average Bonchev–Trinajstić information content (AvgIpc) is 2.39. The van der Waals surface area contributed by atoms with Crippen LogP contribution in [0.5, 0.6) is 0 Å². The number of carbonyl (C=O) groups excluding carboxylic acids is 1. The van der Waals surface area contributed by atoms with E-state index in [1.54, 1.807) is 12.1 Å². The third-order valence-corrected chi connectivity index (χ3v) is 2.06. The molecule has 0 aliphatic carbocycles. The third-order valence-electron chi connectivity index (χ3n) is 2.06. The SMILES string of the molecule is O=C(Nc1cnc(C(F)(F)F)nc1)c1ccccn1. The molecule has 0 bridgehead atoms. The molecule has 2 aromatic heterocycles. The van der Waals surface area contributed by atoms with Gasteiger partial charge in [0, 0.05) is 6.20 Å². The summed E-state index contributed by atoms with van der Waals surface area (Å²) in [6.07, 6.45) is -1.41. The number of carbonyl (C=O) groups is 1. The van der Waals surface area contributed by atoms with Crippen LogP contribution in [0.2, 0.25) is 0 Å². The Hall–Kier alpha value is -2.51. The number of rotatable bonds is 2. The molecule has 0 radical (unpaired) electrons. The largest absolute Gasteiger partial charge is 0.451 e. The van der Waals surface area contributed by atoms with E-state index in [-0.39, 0.29) is 11.4 Å². The topological polar surface area (TPSA) is 67.8 Å². The van der Waals surface area contributed by atoms with E-state index in [1.165, 1.54) is 12.3 Å². The number of hydrogen-bond donors (Lipinski definition) is 1. The van der Waals surface area contributed by atoms with Crippen molar-refractivity contribution in [3.05, 3.63) is 48.3 Å². The van der Waals surface area contributed by atoms with Gasteiger partial charge >= 0.3 is 6.18 Å². The van der Waals surface area contributed by atoms with Gasteiger partial charge in [-0.1, -0.05) is 6.07 Å². The van der Waals surface area contributed by atoms with Crippen molar-refractivity contribution in [2.75, 3.05) is 5.32 Å². The second-order valence-electron chi connectivity index (χ2n) is 3.46. The van der Waals surface area contributed by atoms with Gasteiger partial charge in [-0.2, -0.15) is 13.2 Å². The maximum atomic E-state index is 12.2.